The van der Waals surface area contributed by atoms with Crippen LogP contribution in [0.25, 0.3) is 0 Å². The molecule has 0 unspecified atom stereocenters. The summed E-state index contributed by atoms with van der Waals surface area (Å²) in [5, 5.41) is 13.1. The van der Waals surface area contributed by atoms with Gasteiger partial charge in [0, 0.05) is 16.7 Å². The van der Waals surface area contributed by atoms with Gasteiger partial charge in [-0.15, -0.1) is 28.7 Å². The quantitative estimate of drug-likeness (QED) is 0.870. The van der Waals surface area contributed by atoms with Gasteiger partial charge in [-0.1, -0.05) is 0 Å². The normalized spacial score (nSPS) is 20.4. The Labute approximate surface area is 98.9 Å². The first-order valence-corrected chi connectivity index (χ1v) is 5.39. The number of hydrogen-bond acceptors (Lipinski definition) is 3. The van der Waals surface area contributed by atoms with Crippen molar-refractivity contribution < 1.29 is 5.11 Å². The Kier molecular flexibility index (Phi) is 4.78. The number of rotatable bonds is 2. The molecule has 2 rings (SSSR count). The maximum Gasteiger partial charge on any atom is 0.115 e. The average molecular weight is 276 g/mol. The first-order valence-electron chi connectivity index (χ1n) is 4.51. The molecule has 1 aromatic carbocycles. The van der Waals surface area contributed by atoms with Gasteiger partial charge in [-0.2, -0.15) is 0 Å². The van der Waals surface area contributed by atoms with E-state index in [9.17, 15) is 0 Å². The molecule has 0 radical (unpaired) electrons. The van der Waals surface area contributed by atoms with Gasteiger partial charge in [0.25, 0.3) is 0 Å². The fraction of sp³-hybridized carbons (Fsp3) is 0.400. The third kappa shape index (κ3) is 3.19. The smallest absolute Gasteiger partial charge is 0.115 e. The van der Waals surface area contributed by atoms with Crippen LogP contribution in [0.15, 0.2) is 29.2 Å². The molecule has 0 amide bonds. The van der Waals surface area contributed by atoms with Crippen LogP contribution in [-0.4, -0.2) is 23.4 Å². The number of benzene rings is 1. The summed E-state index contributed by atoms with van der Waals surface area (Å²) < 4.78 is 0. The predicted molar refractivity (Wildman–Crippen MR) is 65.6 cm³/mol. The summed E-state index contributed by atoms with van der Waals surface area (Å²) in [5.41, 5.74) is 0. The zero-order valence-corrected chi connectivity index (χ0v) is 10.3. The minimum absolute atomic E-state index is 0. The first kappa shape index (κ1) is 11.9. The summed E-state index contributed by atoms with van der Waals surface area (Å²) >= 11 is 1.89. The molecule has 1 fully saturated rings. The van der Waals surface area contributed by atoms with Crippen molar-refractivity contribution >= 4 is 28.7 Å². The molecule has 78 valence electrons. The van der Waals surface area contributed by atoms with Crippen molar-refractivity contribution in [2.24, 2.45) is 0 Å². The Morgan fingerprint density at radius 3 is 2.57 bits per heavy atom. The number of phenols is 1. The molecule has 0 aromatic heterocycles. The van der Waals surface area contributed by atoms with Gasteiger partial charge < -0.3 is 10.4 Å². The molecule has 14 heavy (non-hydrogen) atoms. The van der Waals surface area contributed by atoms with Gasteiger partial charge in [-0.3, -0.25) is 0 Å². The standard InChI is InChI=1S/C10H13NOS.BrH/c12-8-1-3-9(4-2-8)13-10-5-6-11-7-10;/h1-4,10-12H,5-7H2;1H/t10-;/m0./s1. The topological polar surface area (TPSA) is 32.3 Å². The SMILES string of the molecule is Br.Oc1ccc(S[C@H]2CCNC2)cc1. The number of thioether (sulfide) groups is 1. The van der Waals surface area contributed by atoms with E-state index in [0.717, 1.165) is 13.1 Å². The molecular weight excluding hydrogens is 262 g/mol. The van der Waals surface area contributed by atoms with Crippen molar-refractivity contribution in [2.45, 2.75) is 16.6 Å². The first-order chi connectivity index (χ1) is 6.34. The molecular formula is C10H14BrNOS. The van der Waals surface area contributed by atoms with Crippen LogP contribution in [0.3, 0.4) is 0 Å². The lowest BCUT2D eigenvalue weighted by molar-refractivity contribution is 0.475. The van der Waals surface area contributed by atoms with E-state index >= 15 is 0 Å². The minimum atomic E-state index is 0. The lowest BCUT2D eigenvalue weighted by Gasteiger charge is -2.07. The number of aromatic hydroxyl groups is 1. The molecule has 2 nitrogen and oxygen atoms in total. The molecule has 1 aromatic rings. The van der Waals surface area contributed by atoms with Crippen LogP contribution < -0.4 is 5.32 Å². The summed E-state index contributed by atoms with van der Waals surface area (Å²) in [6.07, 6.45) is 1.24. The number of halogens is 1. The summed E-state index contributed by atoms with van der Waals surface area (Å²) in [5.74, 6) is 0.342. The maximum absolute atomic E-state index is 9.10. The van der Waals surface area contributed by atoms with Crippen LogP contribution in [0.5, 0.6) is 5.75 Å². The van der Waals surface area contributed by atoms with Crippen molar-refractivity contribution in [2.75, 3.05) is 13.1 Å². The highest BCUT2D eigenvalue weighted by Crippen LogP contribution is 2.27. The van der Waals surface area contributed by atoms with E-state index in [1.165, 1.54) is 11.3 Å². The Morgan fingerprint density at radius 1 is 1.29 bits per heavy atom. The highest BCUT2D eigenvalue weighted by Gasteiger charge is 2.14. The van der Waals surface area contributed by atoms with Gasteiger partial charge in [0.1, 0.15) is 5.75 Å². The Balaban J connectivity index is 0.000000980. The van der Waals surface area contributed by atoms with Gasteiger partial charge in [0.05, 0.1) is 0 Å². The molecule has 1 aliphatic rings. The molecule has 0 aliphatic carbocycles. The fourth-order valence-corrected chi connectivity index (χ4v) is 2.56. The maximum atomic E-state index is 9.10. The molecule has 4 heteroatoms. The number of phenolic OH excluding ortho intramolecular Hbond substituents is 1. The lowest BCUT2D eigenvalue weighted by atomic mass is 10.3. The minimum Gasteiger partial charge on any atom is -0.508 e. The van der Waals surface area contributed by atoms with Crippen LogP contribution in [0, 0.1) is 0 Å². The average Bonchev–Trinajstić information content (AvgIpc) is 2.62. The Bertz CT molecular complexity index is 272. The molecule has 1 heterocycles. The van der Waals surface area contributed by atoms with Crippen LogP contribution in [0.1, 0.15) is 6.42 Å². The van der Waals surface area contributed by atoms with E-state index < -0.39 is 0 Å². The molecule has 0 saturated carbocycles. The van der Waals surface area contributed by atoms with E-state index in [1.807, 2.05) is 23.9 Å². The van der Waals surface area contributed by atoms with E-state index in [0.29, 0.717) is 11.0 Å². The summed E-state index contributed by atoms with van der Waals surface area (Å²) in [7, 11) is 0. The molecule has 1 saturated heterocycles. The van der Waals surface area contributed by atoms with Crippen LogP contribution in [0.4, 0.5) is 0 Å². The van der Waals surface area contributed by atoms with Crippen LogP contribution in [-0.2, 0) is 0 Å². The number of hydrogen-bond donors (Lipinski definition) is 2. The van der Waals surface area contributed by atoms with E-state index in [4.69, 9.17) is 5.11 Å². The second-order valence-electron chi connectivity index (χ2n) is 3.23. The summed E-state index contributed by atoms with van der Waals surface area (Å²) in [6, 6.07) is 7.42. The van der Waals surface area contributed by atoms with Gasteiger partial charge >= 0.3 is 0 Å². The van der Waals surface area contributed by atoms with Crippen molar-refractivity contribution in [3.63, 3.8) is 0 Å². The van der Waals surface area contributed by atoms with Crippen molar-refractivity contribution in [1.82, 2.24) is 5.32 Å². The third-order valence-corrected chi connectivity index (χ3v) is 3.43. The monoisotopic (exact) mass is 275 g/mol. The van der Waals surface area contributed by atoms with Gasteiger partial charge in [-0.05, 0) is 37.2 Å². The summed E-state index contributed by atoms with van der Waals surface area (Å²) in [6.45, 7) is 2.24. The van der Waals surface area contributed by atoms with Crippen molar-refractivity contribution in [3.05, 3.63) is 24.3 Å². The van der Waals surface area contributed by atoms with Crippen LogP contribution in [0.2, 0.25) is 0 Å². The lowest BCUT2D eigenvalue weighted by Crippen LogP contribution is -2.09. The highest BCUT2D eigenvalue weighted by atomic mass is 79.9. The molecule has 1 aliphatic heterocycles. The van der Waals surface area contributed by atoms with Crippen molar-refractivity contribution in [3.8, 4) is 5.75 Å². The molecule has 0 spiro atoms. The van der Waals surface area contributed by atoms with Gasteiger partial charge in [0.15, 0.2) is 0 Å². The zero-order valence-electron chi connectivity index (χ0n) is 7.77. The Hall–Kier alpha value is -0.190. The predicted octanol–water partition coefficient (Wildman–Crippen LogP) is 2.42. The molecule has 1 atom stereocenters. The van der Waals surface area contributed by atoms with E-state index in [1.54, 1.807) is 12.1 Å². The molecule has 2 N–H and O–H groups in total. The molecule has 0 bridgehead atoms. The van der Waals surface area contributed by atoms with Crippen molar-refractivity contribution in [1.29, 1.82) is 0 Å². The van der Waals surface area contributed by atoms with Crippen LogP contribution >= 0.6 is 28.7 Å². The van der Waals surface area contributed by atoms with E-state index in [2.05, 4.69) is 5.32 Å². The Morgan fingerprint density at radius 2 is 2.00 bits per heavy atom. The summed E-state index contributed by atoms with van der Waals surface area (Å²) in [4.78, 5) is 1.24. The van der Waals surface area contributed by atoms with Gasteiger partial charge in [-0.25, -0.2) is 0 Å². The number of nitrogens with one attached hydrogen (secondary N) is 1. The second-order valence-corrected chi connectivity index (χ2v) is 4.60. The third-order valence-electron chi connectivity index (χ3n) is 2.15. The van der Waals surface area contributed by atoms with E-state index in [-0.39, 0.29) is 17.0 Å². The fourth-order valence-electron chi connectivity index (χ4n) is 1.45. The largest absolute Gasteiger partial charge is 0.508 e. The van der Waals surface area contributed by atoms with Gasteiger partial charge in [0.2, 0.25) is 0 Å². The zero-order chi connectivity index (χ0) is 9.10. The second kappa shape index (κ2) is 5.63. The highest BCUT2D eigenvalue weighted by molar-refractivity contribution is 8.93.